The first-order valence-electron chi connectivity index (χ1n) is 7.44. The SMILES string of the molecule is C[C@@H](CN1CC[CH]CC1C(N)=O)N1CCC(O)C(O)C1. The van der Waals surface area contributed by atoms with Crippen LogP contribution in [0.3, 0.4) is 0 Å². The van der Waals surface area contributed by atoms with Gasteiger partial charge in [0.05, 0.1) is 18.2 Å². The number of β-amino-alcohol motifs (C(OH)–C–C–N with tert-alkyl or cyclic N) is 1. The molecule has 1 amide bonds. The maximum atomic E-state index is 11.5. The van der Waals surface area contributed by atoms with Crippen molar-refractivity contribution in [3.05, 3.63) is 6.42 Å². The lowest BCUT2D eigenvalue weighted by molar-refractivity contribution is -0.124. The highest BCUT2D eigenvalue weighted by atomic mass is 16.3. The summed E-state index contributed by atoms with van der Waals surface area (Å²) < 4.78 is 0. The van der Waals surface area contributed by atoms with E-state index in [1.165, 1.54) is 0 Å². The van der Waals surface area contributed by atoms with E-state index in [1.807, 2.05) is 0 Å². The molecule has 0 aromatic heterocycles. The van der Waals surface area contributed by atoms with Crippen molar-refractivity contribution in [2.75, 3.05) is 26.2 Å². The van der Waals surface area contributed by atoms with Gasteiger partial charge in [-0.05, 0) is 39.2 Å². The van der Waals surface area contributed by atoms with E-state index in [4.69, 9.17) is 5.73 Å². The molecule has 6 nitrogen and oxygen atoms in total. The Morgan fingerprint density at radius 2 is 2.15 bits per heavy atom. The maximum absolute atomic E-state index is 11.5. The van der Waals surface area contributed by atoms with Gasteiger partial charge in [0, 0.05) is 25.7 Å². The van der Waals surface area contributed by atoms with Crippen LogP contribution in [-0.2, 0) is 4.79 Å². The fourth-order valence-electron chi connectivity index (χ4n) is 3.15. The van der Waals surface area contributed by atoms with Crippen molar-refractivity contribution >= 4 is 5.91 Å². The molecule has 6 heteroatoms. The van der Waals surface area contributed by atoms with Crippen molar-refractivity contribution in [2.45, 2.75) is 50.5 Å². The molecule has 0 aliphatic carbocycles. The van der Waals surface area contributed by atoms with Crippen LogP contribution >= 0.6 is 0 Å². The van der Waals surface area contributed by atoms with E-state index in [0.29, 0.717) is 13.0 Å². The predicted octanol–water partition coefficient (Wildman–Crippen LogP) is -1.04. The zero-order valence-corrected chi connectivity index (χ0v) is 12.1. The van der Waals surface area contributed by atoms with Gasteiger partial charge in [0.15, 0.2) is 0 Å². The van der Waals surface area contributed by atoms with Gasteiger partial charge in [-0.3, -0.25) is 14.6 Å². The molecule has 0 bridgehead atoms. The Morgan fingerprint density at radius 3 is 2.80 bits per heavy atom. The molecule has 2 aliphatic heterocycles. The molecule has 1 radical (unpaired) electrons. The molecule has 0 saturated carbocycles. The van der Waals surface area contributed by atoms with Gasteiger partial charge in [-0.25, -0.2) is 0 Å². The molecule has 0 aromatic rings. The third-order valence-corrected chi connectivity index (χ3v) is 4.48. The molecule has 0 spiro atoms. The third kappa shape index (κ3) is 3.69. The lowest BCUT2D eigenvalue weighted by Gasteiger charge is -2.41. The maximum Gasteiger partial charge on any atom is 0.234 e. The van der Waals surface area contributed by atoms with Crippen LogP contribution < -0.4 is 5.73 Å². The Labute approximate surface area is 120 Å². The Kier molecular flexibility index (Phi) is 5.37. The van der Waals surface area contributed by atoms with Crippen LogP contribution in [-0.4, -0.2) is 76.4 Å². The summed E-state index contributed by atoms with van der Waals surface area (Å²) in [5.74, 6) is -0.262. The summed E-state index contributed by atoms with van der Waals surface area (Å²) in [6.07, 6.45) is 3.14. The largest absolute Gasteiger partial charge is 0.390 e. The molecule has 2 heterocycles. The number of nitrogens with two attached hydrogens (primary N) is 1. The average Bonchev–Trinajstić information content (AvgIpc) is 2.42. The Morgan fingerprint density at radius 1 is 1.40 bits per heavy atom. The molecule has 2 rings (SSSR count). The van der Waals surface area contributed by atoms with Crippen molar-refractivity contribution in [3.8, 4) is 0 Å². The number of carbonyl (C=O) groups excluding carboxylic acids is 1. The van der Waals surface area contributed by atoms with E-state index < -0.39 is 12.2 Å². The number of aliphatic hydroxyl groups is 2. The quantitative estimate of drug-likeness (QED) is 0.613. The zero-order valence-electron chi connectivity index (χ0n) is 12.1. The van der Waals surface area contributed by atoms with Crippen LogP contribution in [0.4, 0.5) is 0 Å². The summed E-state index contributed by atoms with van der Waals surface area (Å²) in [5.41, 5.74) is 5.46. The smallest absolute Gasteiger partial charge is 0.234 e. The molecule has 4 N–H and O–H groups in total. The molecule has 0 aromatic carbocycles. The van der Waals surface area contributed by atoms with Gasteiger partial charge in [0.25, 0.3) is 0 Å². The molecule has 2 aliphatic rings. The summed E-state index contributed by atoms with van der Waals surface area (Å²) in [5, 5.41) is 19.3. The van der Waals surface area contributed by atoms with Gasteiger partial charge in [0.1, 0.15) is 0 Å². The first kappa shape index (κ1) is 15.7. The Bertz CT molecular complexity index is 340. The van der Waals surface area contributed by atoms with Crippen molar-refractivity contribution < 1.29 is 15.0 Å². The Balaban J connectivity index is 1.89. The monoisotopic (exact) mass is 284 g/mol. The fourth-order valence-corrected chi connectivity index (χ4v) is 3.15. The average molecular weight is 284 g/mol. The number of hydrogen-bond donors (Lipinski definition) is 3. The molecule has 4 atom stereocenters. The van der Waals surface area contributed by atoms with Gasteiger partial charge < -0.3 is 15.9 Å². The summed E-state index contributed by atoms with van der Waals surface area (Å²) in [6, 6.07) is 0.0311. The van der Waals surface area contributed by atoms with Gasteiger partial charge in [-0.2, -0.15) is 0 Å². The molecule has 2 saturated heterocycles. The highest BCUT2D eigenvalue weighted by molar-refractivity contribution is 5.80. The van der Waals surface area contributed by atoms with E-state index in [-0.39, 0.29) is 18.0 Å². The van der Waals surface area contributed by atoms with Crippen LogP contribution in [0.2, 0.25) is 0 Å². The summed E-state index contributed by atoms with van der Waals surface area (Å²) in [7, 11) is 0. The number of nitrogens with zero attached hydrogens (tertiary/aromatic N) is 2. The van der Waals surface area contributed by atoms with Gasteiger partial charge in [-0.15, -0.1) is 0 Å². The summed E-state index contributed by atoms with van der Waals surface area (Å²) in [6.45, 7) is 4.99. The third-order valence-electron chi connectivity index (χ3n) is 4.48. The standard InChI is InChI=1S/C14H26N3O3/c1-10(16-7-5-12(18)13(19)9-16)8-17-6-3-2-4-11(17)14(15)20/h2,10-13,18-19H,3-9H2,1H3,(H2,15,20)/t10-,11?,12?,13?/m0/s1. The van der Waals surface area contributed by atoms with Crippen LogP contribution in [0, 0.1) is 6.42 Å². The number of rotatable bonds is 4. The molecule has 115 valence electrons. The van der Waals surface area contributed by atoms with Crippen molar-refractivity contribution in [1.29, 1.82) is 0 Å². The van der Waals surface area contributed by atoms with E-state index in [1.54, 1.807) is 0 Å². The van der Waals surface area contributed by atoms with E-state index >= 15 is 0 Å². The Hall–Kier alpha value is -0.690. The number of hydrogen-bond acceptors (Lipinski definition) is 5. The van der Waals surface area contributed by atoms with Crippen LogP contribution in [0.1, 0.15) is 26.2 Å². The highest BCUT2D eigenvalue weighted by Gasteiger charge is 2.32. The first-order chi connectivity index (χ1) is 9.49. The van der Waals surface area contributed by atoms with Gasteiger partial charge >= 0.3 is 0 Å². The van der Waals surface area contributed by atoms with Crippen LogP contribution in [0.25, 0.3) is 0 Å². The number of likely N-dealkylation sites (tertiary alicyclic amines) is 2. The van der Waals surface area contributed by atoms with E-state index in [2.05, 4.69) is 23.1 Å². The van der Waals surface area contributed by atoms with Crippen LogP contribution in [0.5, 0.6) is 0 Å². The number of piperidine rings is 2. The lowest BCUT2D eigenvalue weighted by atomic mass is 9.99. The van der Waals surface area contributed by atoms with Gasteiger partial charge in [-0.1, -0.05) is 0 Å². The number of amides is 1. The number of primary amides is 1. The van der Waals surface area contributed by atoms with Crippen molar-refractivity contribution in [3.63, 3.8) is 0 Å². The first-order valence-corrected chi connectivity index (χ1v) is 7.44. The minimum absolute atomic E-state index is 0.202. The lowest BCUT2D eigenvalue weighted by Crippen LogP contribution is -2.56. The number of aliphatic hydroxyl groups excluding tert-OH is 2. The van der Waals surface area contributed by atoms with E-state index in [0.717, 1.165) is 32.5 Å². The second-order valence-corrected chi connectivity index (χ2v) is 5.99. The molecular weight excluding hydrogens is 258 g/mol. The minimum Gasteiger partial charge on any atom is -0.390 e. The van der Waals surface area contributed by atoms with Crippen LogP contribution in [0.15, 0.2) is 0 Å². The van der Waals surface area contributed by atoms with Crippen molar-refractivity contribution in [1.82, 2.24) is 9.80 Å². The summed E-state index contributed by atoms with van der Waals surface area (Å²) in [4.78, 5) is 15.8. The predicted molar refractivity (Wildman–Crippen MR) is 75.8 cm³/mol. The molecule has 20 heavy (non-hydrogen) atoms. The fraction of sp³-hybridized carbons (Fsp3) is 0.857. The molecular formula is C14H26N3O3. The number of carbonyl (C=O) groups is 1. The van der Waals surface area contributed by atoms with E-state index in [9.17, 15) is 15.0 Å². The topological polar surface area (TPSA) is 90.0 Å². The highest BCUT2D eigenvalue weighted by Crippen LogP contribution is 2.19. The normalized spacial score (nSPS) is 34.9. The van der Waals surface area contributed by atoms with Crippen molar-refractivity contribution in [2.24, 2.45) is 5.73 Å². The second kappa shape index (κ2) is 6.85. The minimum atomic E-state index is -0.673. The second-order valence-electron chi connectivity index (χ2n) is 5.99. The molecule has 2 fully saturated rings. The summed E-state index contributed by atoms with van der Waals surface area (Å²) >= 11 is 0. The van der Waals surface area contributed by atoms with Gasteiger partial charge in [0.2, 0.25) is 5.91 Å². The molecule has 3 unspecified atom stereocenters. The zero-order chi connectivity index (χ0) is 14.7.